The van der Waals surface area contributed by atoms with E-state index in [9.17, 15) is 9.59 Å². The highest BCUT2D eigenvalue weighted by molar-refractivity contribution is 5.99. The Kier molecular flexibility index (Phi) is 5.27. The Labute approximate surface area is 173 Å². The molecule has 4 rings (SSSR count). The predicted octanol–water partition coefficient (Wildman–Crippen LogP) is 4.16. The van der Waals surface area contributed by atoms with Crippen molar-refractivity contribution < 1.29 is 18.8 Å². The Balaban J connectivity index is 1.37. The summed E-state index contributed by atoms with van der Waals surface area (Å²) in [6, 6.07) is 13.6. The molecule has 0 bridgehead atoms. The van der Waals surface area contributed by atoms with E-state index >= 15 is 0 Å². The smallest absolute Gasteiger partial charge is 0.308 e. The number of hydrogen-bond donors (Lipinski definition) is 0. The average molecular weight is 405 g/mol. The quantitative estimate of drug-likeness (QED) is 0.341. The van der Waals surface area contributed by atoms with Crippen molar-refractivity contribution in [2.45, 2.75) is 33.7 Å². The number of aryl methyl sites for hydroxylation is 3. The van der Waals surface area contributed by atoms with Gasteiger partial charge in [0.05, 0.1) is 6.42 Å². The SMILES string of the molecule is Cc1cc(-n2c(C)cc(C(=O)COC(=O)CCn3ccc4ccccc43)c2C)no1. The first-order valence-corrected chi connectivity index (χ1v) is 9.79. The standard InChI is InChI=1S/C23H23N3O4/c1-15-12-19(17(3)26(15)22-13-16(2)30-24-22)21(27)14-29-23(28)9-11-25-10-8-18-6-4-5-7-20(18)25/h4-8,10,12-13H,9,11,14H2,1-3H3. The van der Waals surface area contributed by atoms with Gasteiger partial charge in [0.2, 0.25) is 5.78 Å². The van der Waals surface area contributed by atoms with Crippen molar-refractivity contribution in [3.63, 3.8) is 0 Å². The highest BCUT2D eigenvalue weighted by atomic mass is 16.5. The first-order valence-electron chi connectivity index (χ1n) is 9.79. The molecule has 30 heavy (non-hydrogen) atoms. The molecule has 0 spiro atoms. The van der Waals surface area contributed by atoms with Crippen LogP contribution in [0.2, 0.25) is 0 Å². The molecular formula is C23H23N3O4. The van der Waals surface area contributed by atoms with Crippen molar-refractivity contribution >= 4 is 22.7 Å². The van der Waals surface area contributed by atoms with Crippen LogP contribution in [0.1, 0.15) is 33.9 Å². The fourth-order valence-corrected chi connectivity index (χ4v) is 3.70. The summed E-state index contributed by atoms with van der Waals surface area (Å²) in [5, 5.41) is 5.14. The summed E-state index contributed by atoms with van der Waals surface area (Å²) in [6.07, 6.45) is 2.15. The first-order chi connectivity index (χ1) is 14.4. The van der Waals surface area contributed by atoms with Gasteiger partial charge in [0, 0.05) is 41.3 Å². The van der Waals surface area contributed by atoms with Gasteiger partial charge >= 0.3 is 5.97 Å². The van der Waals surface area contributed by atoms with E-state index in [1.54, 1.807) is 12.1 Å². The maximum Gasteiger partial charge on any atom is 0.308 e. The summed E-state index contributed by atoms with van der Waals surface area (Å²) < 4.78 is 14.2. The van der Waals surface area contributed by atoms with Crippen molar-refractivity contribution in [2.24, 2.45) is 0 Å². The molecule has 7 nitrogen and oxygen atoms in total. The van der Waals surface area contributed by atoms with E-state index < -0.39 is 5.97 Å². The number of carbonyl (C=O) groups is 2. The zero-order chi connectivity index (χ0) is 21.3. The fraction of sp³-hybridized carbons (Fsp3) is 0.261. The zero-order valence-electron chi connectivity index (χ0n) is 17.2. The molecule has 3 heterocycles. The lowest BCUT2D eigenvalue weighted by atomic mass is 10.1. The number of benzene rings is 1. The Hall–Kier alpha value is -3.61. The van der Waals surface area contributed by atoms with Crippen LogP contribution in [0.25, 0.3) is 16.7 Å². The molecule has 4 aromatic rings. The van der Waals surface area contributed by atoms with E-state index in [0.717, 1.165) is 22.3 Å². The number of carbonyl (C=O) groups excluding carboxylic acids is 2. The van der Waals surface area contributed by atoms with Crippen molar-refractivity contribution in [2.75, 3.05) is 6.61 Å². The van der Waals surface area contributed by atoms with Gasteiger partial charge in [-0.15, -0.1) is 0 Å². The molecule has 0 saturated heterocycles. The number of aromatic nitrogens is 3. The number of ether oxygens (including phenoxy) is 1. The van der Waals surface area contributed by atoms with Gasteiger partial charge in [0.1, 0.15) is 5.76 Å². The molecule has 0 atom stereocenters. The molecule has 0 unspecified atom stereocenters. The van der Waals surface area contributed by atoms with Crippen LogP contribution >= 0.6 is 0 Å². The Morgan fingerprint density at radius 1 is 1.10 bits per heavy atom. The van der Waals surface area contributed by atoms with Gasteiger partial charge in [-0.2, -0.15) is 0 Å². The van der Waals surface area contributed by atoms with E-state index in [4.69, 9.17) is 9.26 Å². The summed E-state index contributed by atoms with van der Waals surface area (Å²) in [5.41, 5.74) is 3.17. The molecule has 0 radical (unpaired) electrons. The number of hydrogen-bond acceptors (Lipinski definition) is 5. The van der Waals surface area contributed by atoms with Gasteiger partial charge in [0.15, 0.2) is 12.4 Å². The van der Waals surface area contributed by atoms with Gasteiger partial charge in [-0.3, -0.25) is 14.2 Å². The van der Waals surface area contributed by atoms with Gasteiger partial charge < -0.3 is 13.8 Å². The van der Waals surface area contributed by atoms with Gasteiger partial charge in [-0.25, -0.2) is 0 Å². The van der Waals surface area contributed by atoms with Crippen LogP contribution < -0.4 is 0 Å². The van der Waals surface area contributed by atoms with Crippen molar-refractivity contribution in [1.82, 2.24) is 14.3 Å². The number of fused-ring (bicyclic) bond motifs is 1. The second-order valence-corrected chi connectivity index (χ2v) is 7.32. The van der Waals surface area contributed by atoms with Crippen LogP contribution in [0.15, 0.2) is 53.2 Å². The molecule has 0 N–H and O–H groups in total. The normalized spacial score (nSPS) is 11.2. The van der Waals surface area contributed by atoms with Crippen molar-refractivity contribution in [1.29, 1.82) is 0 Å². The van der Waals surface area contributed by atoms with Crippen LogP contribution in [-0.2, 0) is 16.1 Å². The molecule has 0 aliphatic heterocycles. The third-order valence-corrected chi connectivity index (χ3v) is 5.18. The lowest BCUT2D eigenvalue weighted by molar-refractivity contribution is -0.142. The maximum absolute atomic E-state index is 12.6. The number of para-hydroxylation sites is 1. The topological polar surface area (TPSA) is 79.3 Å². The maximum atomic E-state index is 12.6. The lowest BCUT2D eigenvalue weighted by Crippen LogP contribution is -2.16. The minimum absolute atomic E-state index is 0.198. The molecule has 0 aliphatic carbocycles. The van der Waals surface area contributed by atoms with Gasteiger partial charge in [-0.05, 0) is 44.4 Å². The predicted molar refractivity (Wildman–Crippen MR) is 112 cm³/mol. The molecule has 3 aromatic heterocycles. The molecule has 1 aromatic carbocycles. The van der Waals surface area contributed by atoms with E-state index in [1.807, 2.05) is 66.4 Å². The number of rotatable bonds is 7. The molecule has 0 aliphatic rings. The summed E-state index contributed by atoms with van der Waals surface area (Å²) in [7, 11) is 0. The Morgan fingerprint density at radius 2 is 1.90 bits per heavy atom. The molecule has 0 fully saturated rings. The van der Waals surface area contributed by atoms with Crippen LogP contribution in [0.5, 0.6) is 0 Å². The molecule has 154 valence electrons. The third kappa shape index (κ3) is 3.78. The average Bonchev–Trinajstić information content (AvgIpc) is 3.42. The molecule has 7 heteroatoms. The second-order valence-electron chi connectivity index (χ2n) is 7.32. The minimum Gasteiger partial charge on any atom is -0.457 e. The zero-order valence-corrected chi connectivity index (χ0v) is 17.2. The number of Topliss-reactive ketones (excluding diaryl/α,β-unsaturated/α-hetero) is 1. The molecule has 0 saturated carbocycles. The van der Waals surface area contributed by atoms with Gasteiger partial charge in [-0.1, -0.05) is 23.4 Å². The van der Waals surface area contributed by atoms with Crippen molar-refractivity contribution in [3.05, 3.63) is 71.4 Å². The minimum atomic E-state index is -0.401. The first kappa shape index (κ1) is 19.7. The third-order valence-electron chi connectivity index (χ3n) is 5.18. The fourth-order valence-electron chi connectivity index (χ4n) is 3.70. The second kappa shape index (κ2) is 8.02. The number of esters is 1. The summed E-state index contributed by atoms with van der Waals surface area (Å²) in [6.45, 7) is 5.76. The monoisotopic (exact) mass is 405 g/mol. The largest absolute Gasteiger partial charge is 0.457 e. The van der Waals surface area contributed by atoms with Crippen LogP contribution in [-0.4, -0.2) is 32.7 Å². The van der Waals surface area contributed by atoms with E-state index in [1.165, 1.54) is 0 Å². The van der Waals surface area contributed by atoms with E-state index in [2.05, 4.69) is 5.16 Å². The summed E-state index contributed by atoms with van der Waals surface area (Å²) >= 11 is 0. The van der Waals surface area contributed by atoms with Gasteiger partial charge in [0.25, 0.3) is 0 Å². The Morgan fingerprint density at radius 3 is 2.67 bits per heavy atom. The van der Waals surface area contributed by atoms with Crippen molar-refractivity contribution in [3.8, 4) is 5.82 Å². The van der Waals surface area contributed by atoms with Crippen LogP contribution in [0, 0.1) is 20.8 Å². The summed E-state index contributed by atoms with van der Waals surface area (Å²) in [5.74, 6) is 0.670. The van der Waals surface area contributed by atoms with Crippen LogP contribution in [0.4, 0.5) is 0 Å². The van der Waals surface area contributed by atoms with Crippen LogP contribution in [0.3, 0.4) is 0 Å². The Bertz CT molecular complexity index is 1230. The highest BCUT2D eigenvalue weighted by Crippen LogP contribution is 2.21. The van der Waals surface area contributed by atoms with E-state index in [-0.39, 0.29) is 18.8 Å². The number of nitrogens with zero attached hydrogens (tertiary/aromatic N) is 3. The lowest BCUT2D eigenvalue weighted by Gasteiger charge is -2.07. The highest BCUT2D eigenvalue weighted by Gasteiger charge is 2.19. The molecular weight excluding hydrogens is 382 g/mol. The summed E-state index contributed by atoms with van der Waals surface area (Å²) in [4.78, 5) is 24.8. The van der Waals surface area contributed by atoms with E-state index in [0.29, 0.717) is 23.7 Å². The number of ketones is 1. The molecule has 0 amide bonds.